The first-order valence-corrected chi connectivity index (χ1v) is 9.23. The van der Waals surface area contributed by atoms with Gasteiger partial charge in [0, 0.05) is 31.2 Å². The van der Waals surface area contributed by atoms with Crippen molar-refractivity contribution in [3.63, 3.8) is 0 Å². The summed E-state index contributed by atoms with van der Waals surface area (Å²) in [4.78, 5) is 17.0. The van der Waals surface area contributed by atoms with Gasteiger partial charge in [0.15, 0.2) is 0 Å². The molecule has 0 N–H and O–H groups in total. The number of likely N-dealkylation sites (tertiary alicyclic amines) is 1. The predicted molar refractivity (Wildman–Crippen MR) is 98.1 cm³/mol. The number of carbonyl (C=O) groups excluding carboxylic acids is 1. The zero-order valence-electron chi connectivity index (χ0n) is 16.2. The summed E-state index contributed by atoms with van der Waals surface area (Å²) in [5.74, 6) is 0.808. The van der Waals surface area contributed by atoms with Gasteiger partial charge in [0.25, 0.3) is 0 Å². The molecule has 1 aromatic rings. The zero-order chi connectivity index (χ0) is 18.6. The van der Waals surface area contributed by atoms with Gasteiger partial charge < -0.3 is 9.80 Å². The Labute approximate surface area is 151 Å². The third-order valence-electron chi connectivity index (χ3n) is 5.50. The first kappa shape index (κ1) is 19.5. The molecule has 138 valence electrons. The van der Waals surface area contributed by atoms with Gasteiger partial charge >= 0.3 is 0 Å². The molecule has 0 saturated carbocycles. The Bertz CT molecular complexity index is 643. The number of hydrogen-bond acceptors (Lipinski definition) is 4. The lowest BCUT2D eigenvalue weighted by atomic mass is 10.0. The molecule has 0 unspecified atom stereocenters. The Morgan fingerprint density at radius 1 is 1.36 bits per heavy atom. The van der Waals surface area contributed by atoms with E-state index in [9.17, 15) is 4.79 Å². The van der Waals surface area contributed by atoms with Crippen LogP contribution in [0.15, 0.2) is 0 Å². The number of nitrogens with zero attached hydrogens (tertiary/aromatic N) is 5. The maximum absolute atomic E-state index is 12.7. The van der Waals surface area contributed by atoms with Gasteiger partial charge in [-0.2, -0.15) is 10.4 Å². The summed E-state index contributed by atoms with van der Waals surface area (Å²) in [6, 6.07) is 2.62. The van der Waals surface area contributed by atoms with E-state index in [0.717, 1.165) is 42.9 Å². The molecule has 2 heterocycles. The molecule has 2 atom stereocenters. The molecule has 1 aliphatic heterocycles. The van der Waals surface area contributed by atoms with Crippen LogP contribution in [0.5, 0.6) is 0 Å². The molecule has 0 aliphatic carbocycles. The fraction of sp³-hybridized carbons (Fsp3) is 0.737. The summed E-state index contributed by atoms with van der Waals surface area (Å²) in [5, 5.41) is 13.3. The molecule has 0 bridgehead atoms. The molecule has 2 rings (SSSR count). The highest BCUT2D eigenvalue weighted by atomic mass is 16.2. The number of rotatable bonds is 7. The van der Waals surface area contributed by atoms with Gasteiger partial charge in [-0.05, 0) is 45.8 Å². The molecule has 0 radical (unpaired) electrons. The number of likely N-dealkylation sites (N-methyl/N-ethyl adjacent to an activating group) is 1. The van der Waals surface area contributed by atoms with Crippen LogP contribution in [0.25, 0.3) is 0 Å². The van der Waals surface area contributed by atoms with E-state index in [4.69, 9.17) is 5.26 Å². The lowest BCUT2D eigenvalue weighted by molar-refractivity contribution is -0.130. The van der Waals surface area contributed by atoms with Gasteiger partial charge in [0.05, 0.1) is 24.7 Å². The van der Waals surface area contributed by atoms with Crippen molar-refractivity contribution in [1.29, 1.82) is 5.26 Å². The van der Waals surface area contributed by atoms with Gasteiger partial charge in [-0.1, -0.05) is 13.3 Å². The second-order valence-electron chi connectivity index (χ2n) is 7.28. The summed E-state index contributed by atoms with van der Waals surface area (Å²) in [6.07, 6.45) is 2.82. The smallest absolute Gasteiger partial charge is 0.222 e. The highest BCUT2D eigenvalue weighted by Crippen LogP contribution is 2.24. The average Bonchev–Trinajstić information content (AvgIpc) is 3.13. The second kappa shape index (κ2) is 8.48. The van der Waals surface area contributed by atoms with Crippen molar-refractivity contribution >= 4 is 5.91 Å². The number of nitriles is 1. The van der Waals surface area contributed by atoms with E-state index in [1.807, 2.05) is 23.4 Å². The molecule has 1 aliphatic rings. The Morgan fingerprint density at radius 2 is 2.08 bits per heavy atom. The number of aryl methyl sites for hydroxylation is 2. The number of hydrogen-bond donors (Lipinski definition) is 0. The maximum atomic E-state index is 12.7. The van der Waals surface area contributed by atoms with Crippen LogP contribution in [0.4, 0.5) is 0 Å². The van der Waals surface area contributed by atoms with E-state index in [1.165, 1.54) is 0 Å². The monoisotopic (exact) mass is 345 g/mol. The SMILES string of the molecule is CC[C@H]1CN(C(=O)CCc2c(C)nn(CCC#N)c2C)C[C@H]1N(C)C. The van der Waals surface area contributed by atoms with Crippen molar-refractivity contribution in [2.75, 3.05) is 27.2 Å². The quantitative estimate of drug-likeness (QED) is 0.759. The Balaban J connectivity index is 1.97. The van der Waals surface area contributed by atoms with Crippen LogP contribution >= 0.6 is 0 Å². The van der Waals surface area contributed by atoms with Gasteiger partial charge in [-0.15, -0.1) is 0 Å². The standard InChI is InChI=1S/C19H31N5O/c1-6-16-12-23(13-18(16)22(4)5)19(25)9-8-17-14(2)21-24(15(17)3)11-7-10-20/h16,18H,6-9,11-13H2,1-5H3/t16-,18+/m0/s1. The minimum absolute atomic E-state index is 0.242. The molecule has 1 fully saturated rings. The molecular formula is C19H31N5O. The van der Waals surface area contributed by atoms with Gasteiger partial charge in [-0.3, -0.25) is 9.48 Å². The van der Waals surface area contributed by atoms with Crippen molar-refractivity contribution in [1.82, 2.24) is 19.6 Å². The molecule has 1 amide bonds. The van der Waals surface area contributed by atoms with Crippen LogP contribution in [-0.2, 0) is 17.8 Å². The molecule has 6 heteroatoms. The summed E-state index contributed by atoms with van der Waals surface area (Å²) in [7, 11) is 4.20. The van der Waals surface area contributed by atoms with Crippen LogP contribution in [-0.4, -0.2) is 58.7 Å². The summed E-state index contributed by atoms with van der Waals surface area (Å²) in [6.45, 7) is 8.55. The number of amides is 1. The topological polar surface area (TPSA) is 65.2 Å². The van der Waals surface area contributed by atoms with Crippen molar-refractivity contribution in [2.45, 2.75) is 59.0 Å². The van der Waals surface area contributed by atoms with E-state index in [2.05, 4.69) is 37.1 Å². The lowest BCUT2D eigenvalue weighted by Gasteiger charge is -2.23. The van der Waals surface area contributed by atoms with Crippen molar-refractivity contribution in [3.8, 4) is 6.07 Å². The fourth-order valence-electron chi connectivity index (χ4n) is 3.90. The van der Waals surface area contributed by atoms with E-state index in [1.54, 1.807) is 0 Å². The van der Waals surface area contributed by atoms with Gasteiger partial charge in [-0.25, -0.2) is 0 Å². The van der Waals surface area contributed by atoms with Gasteiger partial charge in [0.2, 0.25) is 5.91 Å². The van der Waals surface area contributed by atoms with E-state index < -0.39 is 0 Å². The zero-order valence-corrected chi connectivity index (χ0v) is 16.2. The largest absolute Gasteiger partial charge is 0.341 e. The first-order valence-electron chi connectivity index (χ1n) is 9.23. The Kier molecular flexibility index (Phi) is 6.60. The van der Waals surface area contributed by atoms with Crippen LogP contribution in [0.3, 0.4) is 0 Å². The Morgan fingerprint density at radius 3 is 2.64 bits per heavy atom. The minimum Gasteiger partial charge on any atom is -0.341 e. The third kappa shape index (κ3) is 4.40. The Hall–Kier alpha value is -1.87. The number of aromatic nitrogens is 2. The summed E-state index contributed by atoms with van der Waals surface area (Å²) < 4.78 is 1.89. The normalized spacial score (nSPS) is 20.3. The fourth-order valence-corrected chi connectivity index (χ4v) is 3.90. The lowest BCUT2D eigenvalue weighted by Crippen LogP contribution is -2.36. The van der Waals surface area contributed by atoms with Gasteiger partial charge in [0.1, 0.15) is 0 Å². The molecular weight excluding hydrogens is 314 g/mol. The molecule has 1 aromatic heterocycles. The highest BCUT2D eigenvalue weighted by molar-refractivity contribution is 5.77. The second-order valence-corrected chi connectivity index (χ2v) is 7.28. The van der Waals surface area contributed by atoms with Crippen molar-refractivity contribution in [3.05, 3.63) is 17.0 Å². The minimum atomic E-state index is 0.242. The summed E-state index contributed by atoms with van der Waals surface area (Å²) in [5.41, 5.74) is 3.21. The molecule has 0 aromatic carbocycles. The van der Waals surface area contributed by atoms with E-state index in [0.29, 0.717) is 31.3 Å². The first-order chi connectivity index (χ1) is 11.9. The van der Waals surface area contributed by atoms with Crippen LogP contribution in [0, 0.1) is 31.1 Å². The van der Waals surface area contributed by atoms with E-state index >= 15 is 0 Å². The van der Waals surface area contributed by atoms with Crippen LogP contribution in [0.2, 0.25) is 0 Å². The van der Waals surface area contributed by atoms with Crippen molar-refractivity contribution < 1.29 is 4.79 Å². The maximum Gasteiger partial charge on any atom is 0.222 e. The molecule has 25 heavy (non-hydrogen) atoms. The van der Waals surface area contributed by atoms with Crippen molar-refractivity contribution in [2.24, 2.45) is 5.92 Å². The predicted octanol–water partition coefficient (Wildman–Crippen LogP) is 2.14. The number of carbonyl (C=O) groups is 1. The highest BCUT2D eigenvalue weighted by Gasteiger charge is 2.35. The van der Waals surface area contributed by atoms with Crippen LogP contribution in [0.1, 0.15) is 43.1 Å². The van der Waals surface area contributed by atoms with E-state index in [-0.39, 0.29) is 5.91 Å². The average molecular weight is 345 g/mol. The van der Waals surface area contributed by atoms with Crippen LogP contribution < -0.4 is 0 Å². The molecule has 0 spiro atoms. The molecule has 6 nitrogen and oxygen atoms in total. The summed E-state index contributed by atoms with van der Waals surface area (Å²) >= 11 is 0. The molecule has 1 saturated heterocycles. The third-order valence-corrected chi connectivity index (χ3v) is 5.50.